The number of urea groups is 1. The van der Waals surface area contributed by atoms with Crippen molar-refractivity contribution in [3.63, 3.8) is 0 Å². The normalized spacial score (nSPS) is 15.6. The molecule has 1 fully saturated rings. The summed E-state index contributed by atoms with van der Waals surface area (Å²) in [7, 11) is 0. The number of piperidine rings is 1. The van der Waals surface area contributed by atoms with Crippen molar-refractivity contribution in [3.8, 4) is 0 Å². The van der Waals surface area contributed by atoms with E-state index in [2.05, 4.69) is 28.3 Å². The van der Waals surface area contributed by atoms with Crippen LogP contribution in [0.5, 0.6) is 0 Å². The molecule has 1 aliphatic heterocycles. The Bertz CT molecular complexity index is 592. The molecule has 0 atom stereocenters. The Kier molecular flexibility index (Phi) is 7.02. The van der Waals surface area contributed by atoms with Crippen molar-refractivity contribution >= 4 is 11.6 Å². The quantitative estimate of drug-likeness (QED) is 0.585. The van der Waals surface area contributed by atoms with Crippen LogP contribution in [0.4, 0.5) is 4.79 Å². The molecule has 0 bridgehead atoms. The standard InChI is InChI=1S/C20H31N3O2/c1-16(2)17-9-8-10-18(15-17)20(3,4)21-19(24)22-25-14-13-23-11-6-5-7-12-23/h8-10,15H,1,5-7,11-14H2,2-4H3,(H2,21,22,24). The van der Waals surface area contributed by atoms with Crippen LogP contribution in [0.2, 0.25) is 0 Å². The highest BCUT2D eigenvalue weighted by Gasteiger charge is 2.23. The Morgan fingerprint density at radius 2 is 2.00 bits per heavy atom. The molecule has 0 spiro atoms. The number of carbonyl (C=O) groups excluding carboxylic acids is 1. The molecule has 5 heteroatoms. The molecule has 25 heavy (non-hydrogen) atoms. The van der Waals surface area contributed by atoms with Gasteiger partial charge in [-0.1, -0.05) is 36.8 Å². The minimum atomic E-state index is -0.508. The van der Waals surface area contributed by atoms with Gasteiger partial charge in [0.1, 0.15) is 0 Å². The smallest absolute Gasteiger partial charge is 0.327 e. The lowest BCUT2D eigenvalue weighted by atomic mass is 9.92. The van der Waals surface area contributed by atoms with Gasteiger partial charge >= 0.3 is 6.03 Å². The molecule has 0 aromatic heterocycles. The van der Waals surface area contributed by atoms with E-state index in [0.29, 0.717) is 6.61 Å². The van der Waals surface area contributed by atoms with Crippen molar-refractivity contribution in [2.75, 3.05) is 26.2 Å². The molecular formula is C20H31N3O2. The molecule has 0 aliphatic carbocycles. The summed E-state index contributed by atoms with van der Waals surface area (Å²) in [5.41, 5.74) is 5.09. The van der Waals surface area contributed by atoms with Crippen molar-refractivity contribution in [2.45, 2.75) is 45.6 Å². The van der Waals surface area contributed by atoms with Crippen molar-refractivity contribution in [3.05, 3.63) is 42.0 Å². The first-order chi connectivity index (χ1) is 11.9. The second-order valence-corrected chi connectivity index (χ2v) is 7.29. The summed E-state index contributed by atoms with van der Waals surface area (Å²) in [5.74, 6) is 0. The molecule has 5 nitrogen and oxygen atoms in total. The molecule has 2 rings (SSSR count). The maximum absolute atomic E-state index is 12.1. The molecular weight excluding hydrogens is 314 g/mol. The van der Waals surface area contributed by atoms with Gasteiger partial charge in [-0.2, -0.15) is 0 Å². The number of hydrogen-bond donors (Lipinski definition) is 2. The fraction of sp³-hybridized carbons (Fsp3) is 0.550. The number of carbonyl (C=O) groups is 1. The van der Waals surface area contributed by atoms with E-state index in [1.165, 1.54) is 19.3 Å². The van der Waals surface area contributed by atoms with Gasteiger partial charge in [0, 0.05) is 6.54 Å². The van der Waals surface area contributed by atoms with Gasteiger partial charge in [0.2, 0.25) is 0 Å². The molecule has 138 valence electrons. The fourth-order valence-corrected chi connectivity index (χ4v) is 3.03. The predicted octanol–water partition coefficient (Wildman–Crippen LogP) is 3.67. The topological polar surface area (TPSA) is 53.6 Å². The number of hydrogen-bond acceptors (Lipinski definition) is 3. The van der Waals surface area contributed by atoms with Gasteiger partial charge in [0.25, 0.3) is 0 Å². The molecule has 1 aliphatic rings. The number of hydroxylamine groups is 1. The summed E-state index contributed by atoms with van der Waals surface area (Å²) in [6.07, 6.45) is 3.83. The molecule has 1 heterocycles. The van der Waals surface area contributed by atoms with Gasteiger partial charge in [-0.3, -0.25) is 4.84 Å². The lowest BCUT2D eigenvalue weighted by Crippen LogP contribution is -2.47. The van der Waals surface area contributed by atoms with E-state index in [1.807, 2.05) is 39.0 Å². The second kappa shape index (κ2) is 9.02. The van der Waals surface area contributed by atoms with Crippen molar-refractivity contribution in [1.29, 1.82) is 0 Å². The van der Waals surface area contributed by atoms with Crippen LogP contribution in [-0.2, 0) is 10.4 Å². The van der Waals surface area contributed by atoms with Crippen LogP contribution in [-0.4, -0.2) is 37.2 Å². The monoisotopic (exact) mass is 345 g/mol. The number of allylic oxidation sites excluding steroid dienone is 1. The Balaban J connectivity index is 1.78. The highest BCUT2D eigenvalue weighted by Crippen LogP contribution is 2.23. The van der Waals surface area contributed by atoms with Gasteiger partial charge < -0.3 is 10.2 Å². The zero-order chi connectivity index (χ0) is 18.3. The fourth-order valence-electron chi connectivity index (χ4n) is 3.03. The SMILES string of the molecule is C=C(C)c1cccc(C(C)(C)NC(=O)NOCCN2CCCCC2)c1. The Morgan fingerprint density at radius 3 is 2.68 bits per heavy atom. The summed E-state index contributed by atoms with van der Waals surface area (Å²) >= 11 is 0. The third-order valence-electron chi connectivity index (χ3n) is 4.63. The minimum absolute atomic E-state index is 0.329. The van der Waals surface area contributed by atoms with E-state index in [-0.39, 0.29) is 6.03 Å². The zero-order valence-corrected chi connectivity index (χ0v) is 15.7. The number of amides is 2. The molecule has 1 aromatic rings. The number of nitrogens with one attached hydrogen (secondary N) is 2. The van der Waals surface area contributed by atoms with E-state index in [1.54, 1.807) is 0 Å². The molecule has 0 unspecified atom stereocenters. The molecule has 2 N–H and O–H groups in total. The first-order valence-corrected chi connectivity index (χ1v) is 9.07. The third kappa shape index (κ3) is 6.18. The average Bonchev–Trinajstić information content (AvgIpc) is 2.59. The van der Waals surface area contributed by atoms with Crippen LogP contribution in [0.25, 0.3) is 5.57 Å². The molecule has 0 radical (unpaired) electrons. The van der Waals surface area contributed by atoms with Crippen molar-refractivity contribution < 1.29 is 9.63 Å². The largest absolute Gasteiger partial charge is 0.339 e. The van der Waals surface area contributed by atoms with E-state index in [4.69, 9.17) is 4.84 Å². The average molecular weight is 345 g/mol. The highest BCUT2D eigenvalue weighted by atomic mass is 16.7. The maximum Gasteiger partial charge on any atom is 0.339 e. The van der Waals surface area contributed by atoms with Gasteiger partial charge in [-0.05, 0) is 63.9 Å². The summed E-state index contributed by atoms with van der Waals surface area (Å²) in [5, 5.41) is 2.96. The molecule has 1 aromatic carbocycles. The van der Waals surface area contributed by atoms with Crippen LogP contribution < -0.4 is 10.8 Å². The van der Waals surface area contributed by atoms with Crippen LogP contribution in [0.3, 0.4) is 0 Å². The maximum atomic E-state index is 12.1. The first kappa shape index (κ1) is 19.5. The van der Waals surface area contributed by atoms with E-state index < -0.39 is 5.54 Å². The van der Waals surface area contributed by atoms with E-state index in [9.17, 15) is 4.79 Å². The lowest BCUT2D eigenvalue weighted by Gasteiger charge is -2.28. The molecule has 0 saturated carbocycles. The highest BCUT2D eigenvalue weighted by molar-refractivity contribution is 5.74. The van der Waals surface area contributed by atoms with E-state index >= 15 is 0 Å². The summed E-state index contributed by atoms with van der Waals surface area (Å²) in [4.78, 5) is 19.8. The van der Waals surface area contributed by atoms with Crippen molar-refractivity contribution in [2.24, 2.45) is 0 Å². The lowest BCUT2D eigenvalue weighted by molar-refractivity contribution is 0.0398. The van der Waals surface area contributed by atoms with Gasteiger partial charge in [0.05, 0.1) is 12.1 Å². The van der Waals surface area contributed by atoms with Gasteiger partial charge in [0.15, 0.2) is 0 Å². The minimum Gasteiger partial charge on any atom is -0.327 e. The Hall–Kier alpha value is -1.85. The van der Waals surface area contributed by atoms with Gasteiger partial charge in [-0.15, -0.1) is 0 Å². The summed E-state index contributed by atoms with van der Waals surface area (Å²) in [6, 6.07) is 7.73. The molecule has 1 saturated heterocycles. The van der Waals surface area contributed by atoms with Crippen LogP contribution in [0.15, 0.2) is 30.8 Å². The van der Waals surface area contributed by atoms with Crippen LogP contribution >= 0.6 is 0 Å². The Morgan fingerprint density at radius 1 is 1.28 bits per heavy atom. The zero-order valence-electron chi connectivity index (χ0n) is 15.7. The molecule has 2 amide bonds. The number of likely N-dealkylation sites (tertiary alicyclic amines) is 1. The second-order valence-electron chi connectivity index (χ2n) is 7.29. The first-order valence-electron chi connectivity index (χ1n) is 9.07. The van der Waals surface area contributed by atoms with Crippen LogP contribution in [0.1, 0.15) is 51.2 Å². The van der Waals surface area contributed by atoms with Crippen molar-refractivity contribution in [1.82, 2.24) is 15.7 Å². The van der Waals surface area contributed by atoms with Gasteiger partial charge in [-0.25, -0.2) is 10.3 Å². The Labute approximate surface area is 151 Å². The number of nitrogens with zero attached hydrogens (tertiary/aromatic N) is 1. The number of benzene rings is 1. The summed E-state index contributed by atoms with van der Waals surface area (Å²) < 4.78 is 0. The predicted molar refractivity (Wildman–Crippen MR) is 102 cm³/mol. The number of rotatable bonds is 7. The summed E-state index contributed by atoms with van der Waals surface area (Å²) in [6.45, 7) is 13.5. The van der Waals surface area contributed by atoms with Crippen LogP contribution in [0, 0.1) is 0 Å². The third-order valence-corrected chi connectivity index (χ3v) is 4.63. The van der Waals surface area contributed by atoms with E-state index in [0.717, 1.165) is 36.3 Å².